The highest BCUT2D eigenvalue weighted by Gasteiger charge is 2.40. The number of hydrogen-bond donors (Lipinski definition) is 3. The molecule has 3 rings (SSSR count). The fraction of sp³-hybridized carbons (Fsp3) is 0.417. The number of anilines is 1. The quantitative estimate of drug-likeness (QED) is 0.240. The molecule has 0 radical (unpaired) electrons. The van der Waals surface area contributed by atoms with Crippen molar-refractivity contribution in [3.63, 3.8) is 0 Å². The van der Waals surface area contributed by atoms with Gasteiger partial charge in [0.2, 0.25) is 0 Å². The second kappa shape index (κ2) is 11.6. The van der Waals surface area contributed by atoms with Crippen molar-refractivity contribution in [3.8, 4) is 0 Å². The van der Waals surface area contributed by atoms with E-state index in [0.717, 1.165) is 0 Å². The Morgan fingerprint density at radius 2 is 1.15 bits per heavy atom. The molecule has 3 N–H and O–H groups in total. The van der Waals surface area contributed by atoms with Crippen LogP contribution in [-0.2, 0) is 24.7 Å². The van der Waals surface area contributed by atoms with Gasteiger partial charge in [0.1, 0.15) is 0 Å². The Balaban J connectivity index is 1.80. The second-order valence-electron chi connectivity index (χ2n) is 9.12. The predicted octanol–water partition coefficient (Wildman–Crippen LogP) is 7.79. The third kappa shape index (κ3) is 8.39. The molecule has 4 nitrogen and oxygen atoms in total. The van der Waals surface area contributed by atoms with Crippen LogP contribution in [0.5, 0.6) is 0 Å². The van der Waals surface area contributed by atoms with Gasteiger partial charge >= 0.3 is 24.7 Å². The van der Waals surface area contributed by atoms with Crippen molar-refractivity contribution >= 4 is 28.9 Å². The largest absolute Gasteiger partial charge is 0.417 e. The van der Waals surface area contributed by atoms with Crippen molar-refractivity contribution in [2.45, 2.75) is 62.5 Å². The van der Waals surface area contributed by atoms with Gasteiger partial charge in [-0.25, -0.2) is 0 Å². The van der Waals surface area contributed by atoms with E-state index in [-0.39, 0.29) is 25.0 Å². The molecular weight excluding hydrogens is 606 g/mol. The number of amides is 1. The second-order valence-corrected chi connectivity index (χ2v) is 9.53. The first-order chi connectivity index (χ1) is 18.7. The van der Waals surface area contributed by atoms with Crippen LogP contribution in [0.4, 0.5) is 58.4 Å². The topological polar surface area (TPSA) is 53.2 Å². The smallest absolute Gasteiger partial charge is 0.358 e. The normalized spacial score (nSPS) is 18.5. The van der Waals surface area contributed by atoms with Crippen LogP contribution in [0, 0.1) is 0 Å². The molecule has 0 aliphatic heterocycles. The molecule has 0 heterocycles. The van der Waals surface area contributed by atoms with Crippen LogP contribution in [-0.4, -0.2) is 23.1 Å². The lowest BCUT2D eigenvalue weighted by atomic mass is 9.90. The Labute approximate surface area is 229 Å². The van der Waals surface area contributed by atoms with Crippen molar-refractivity contribution in [1.82, 2.24) is 10.6 Å². The van der Waals surface area contributed by atoms with E-state index >= 15 is 0 Å². The van der Waals surface area contributed by atoms with E-state index in [1.807, 2.05) is 0 Å². The Hall–Kier alpha value is -3.24. The Kier molecular flexibility index (Phi) is 9.10. The van der Waals surface area contributed by atoms with Gasteiger partial charge in [0.05, 0.1) is 27.8 Å². The first-order valence-electron chi connectivity index (χ1n) is 11.6. The maximum atomic E-state index is 13.5. The lowest BCUT2D eigenvalue weighted by Crippen LogP contribution is -2.54. The van der Waals surface area contributed by atoms with Crippen molar-refractivity contribution in [3.05, 3.63) is 64.2 Å². The molecule has 17 heteroatoms. The number of rotatable bonds is 4. The summed E-state index contributed by atoms with van der Waals surface area (Å²) < 4.78 is 158. The lowest BCUT2D eigenvalue weighted by molar-refractivity contribution is -0.144. The molecule has 0 bridgehead atoms. The Morgan fingerprint density at radius 1 is 0.659 bits per heavy atom. The van der Waals surface area contributed by atoms with Crippen LogP contribution in [0.2, 0.25) is 0 Å². The number of thiocarbonyl (C=S) groups is 1. The summed E-state index contributed by atoms with van der Waals surface area (Å²) in [5.41, 5.74) is -8.35. The zero-order chi connectivity index (χ0) is 31.0. The summed E-state index contributed by atoms with van der Waals surface area (Å²) >= 11 is 5.02. The summed E-state index contributed by atoms with van der Waals surface area (Å²) in [4.78, 5) is 12.7. The third-order valence-electron chi connectivity index (χ3n) is 6.14. The van der Waals surface area contributed by atoms with Crippen molar-refractivity contribution in [2.75, 3.05) is 5.32 Å². The van der Waals surface area contributed by atoms with Crippen LogP contribution >= 0.6 is 12.2 Å². The molecule has 1 amide bonds. The van der Waals surface area contributed by atoms with Crippen LogP contribution in [0.25, 0.3) is 0 Å². The van der Waals surface area contributed by atoms with Gasteiger partial charge in [-0.1, -0.05) is 12.8 Å². The highest BCUT2D eigenvalue weighted by Crippen LogP contribution is 2.39. The first kappa shape index (κ1) is 32.3. The molecule has 1 aliphatic rings. The van der Waals surface area contributed by atoms with Crippen LogP contribution in [0.1, 0.15) is 58.3 Å². The number of halogens is 12. The third-order valence-corrected chi connectivity index (χ3v) is 6.36. The van der Waals surface area contributed by atoms with Crippen molar-refractivity contribution in [1.29, 1.82) is 0 Å². The molecule has 0 unspecified atom stereocenters. The molecular formula is C24H19F12N3OS. The molecule has 0 spiro atoms. The van der Waals surface area contributed by atoms with Gasteiger partial charge in [0.15, 0.2) is 5.11 Å². The fourth-order valence-electron chi connectivity index (χ4n) is 4.24. The number of hydrogen-bond acceptors (Lipinski definition) is 2. The number of carbonyl (C=O) groups excluding carboxylic acids is 1. The van der Waals surface area contributed by atoms with E-state index in [1.54, 1.807) is 0 Å². The average Bonchev–Trinajstić information content (AvgIpc) is 2.82. The fourth-order valence-corrected chi connectivity index (χ4v) is 4.51. The minimum absolute atomic E-state index is 0.0786. The number of benzene rings is 2. The van der Waals surface area contributed by atoms with E-state index in [1.165, 1.54) is 0 Å². The standard InChI is InChI=1S/C24H19F12N3OS/c25-21(26,27)11-5-6-15(16(10-11)24(34,35)36)19(40)38-17-3-1-2-4-18(17)39-20(41)37-14-8-12(22(28,29)30)7-13(9-14)23(31,32)33/h5-10,17-18H,1-4H2,(H,38,40)(H2,37,39,41)/t17-,18-/m1/s1. The van der Waals surface area contributed by atoms with E-state index in [2.05, 4.69) is 16.0 Å². The Bertz CT molecular complexity index is 1250. The summed E-state index contributed by atoms with van der Waals surface area (Å²) in [6.45, 7) is 0. The summed E-state index contributed by atoms with van der Waals surface area (Å²) in [5.74, 6) is -1.34. The highest BCUT2D eigenvalue weighted by molar-refractivity contribution is 7.80. The molecule has 1 fully saturated rings. The zero-order valence-corrected chi connectivity index (χ0v) is 21.1. The minimum Gasteiger partial charge on any atom is -0.358 e. The number of carbonyl (C=O) groups is 1. The van der Waals surface area contributed by atoms with Gasteiger partial charge in [-0.2, -0.15) is 52.7 Å². The summed E-state index contributed by atoms with van der Waals surface area (Å²) in [6.07, 6.45) is -19.2. The molecule has 1 aliphatic carbocycles. The molecule has 0 aromatic heterocycles. The molecule has 2 atom stereocenters. The maximum absolute atomic E-state index is 13.5. The summed E-state index contributed by atoms with van der Waals surface area (Å²) in [5, 5.41) is 6.74. The van der Waals surface area contributed by atoms with E-state index in [9.17, 15) is 57.5 Å². The number of nitrogens with one attached hydrogen (secondary N) is 3. The van der Waals surface area contributed by atoms with Gasteiger partial charge in [0, 0.05) is 17.8 Å². The SMILES string of the molecule is O=C(N[C@@H]1CCCC[C@H]1NC(=S)Nc1cc(C(F)(F)F)cc(C(F)(F)F)c1)c1ccc(C(F)(F)F)cc1C(F)(F)F. The predicted molar refractivity (Wildman–Crippen MR) is 126 cm³/mol. The lowest BCUT2D eigenvalue weighted by Gasteiger charge is -2.34. The monoisotopic (exact) mass is 625 g/mol. The number of alkyl halides is 12. The van der Waals surface area contributed by atoms with Crippen LogP contribution < -0.4 is 16.0 Å². The minimum atomic E-state index is -5.30. The van der Waals surface area contributed by atoms with Crippen LogP contribution in [0.3, 0.4) is 0 Å². The molecule has 226 valence electrons. The van der Waals surface area contributed by atoms with Crippen molar-refractivity contribution < 1.29 is 57.5 Å². The maximum Gasteiger partial charge on any atom is 0.417 e. The molecule has 2 aromatic rings. The van der Waals surface area contributed by atoms with Gasteiger partial charge in [0.25, 0.3) is 5.91 Å². The van der Waals surface area contributed by atoms with Gasteiger partial charge in [-0.15, -0.1) is 0 Å². The van der Waals surface area contributed by atoms with Crippen molar-refractivity contribution in [2.24, 2.45) is 0 Å². The average molecular weight is 625 g/mol. The first-order valence-corrected chi connectivity index (χ1v) is 12.0. The van der Waals surface area contributed by atoms with Crippen LogP contribution in [0.15, 0.2) is 36.4 Å². The highest BCUT2D eigenvalue weighted by atomic mass is 32.1. The van der Waals surface area contributed by atoms with Gasteiger partial charge in [-0.05, 0) is 61.5 Å². The summed E-state index contributed by atoms with van der Waals surface area (Å²) in [6, 6.07) is -0.524. The molecule has 0 saturated heterocycles. The molecule has 1 saturated carbocycles. The van der Waals surface area contributed by atoms with E-state index in [4.69, 9.17) is 12.2 Å². The zero-order valence-electron chi connectivity index (χ0n) is 20.3. The van der Waals surface area contributed by atoms with E-state index in [0.29, 0.717) is 37.1 Å². The molecule has 41 heavy (non-hydrogen) atoms. The Morgan fingerprint density at radius 3 is 1.61 bits per heavy atom. The van der Waals surface area contributed by atoms with Gasteiger partial charge < -0.3 is 16.0 Å². The van der Waals surface area contributed by atoms with E-state index < -0.39 is 81.3 Å². The summed E-state index contributed by atoms with van der Waals surface area (Å²) in [7, 11) is 0. The van der Waals surface area contributed by atoms with Gasteiger partial charge in [-0.3, -0.25) is 4.79 Å². The molecule has 2 aromatic carbocycles.